The number of carbonyl (C=O) groups excluding carboxylic acids is 1. The Bertz CT molecular complexity index is 1320. The van der Waals surface area contributed by atoms with Crippen molar-refractivity contribution in [3.05, 3.63) is 88.1 Å². The van der Waals surface area contributed by atoms with Crippen LogP contribution < -0.4 is 0 Å². The topological polar surface area (TPSA) is 82.0 Å². The lowest BCUT2D eigenvalue weighted by Crippen LogP contribution is -2.35. The van der Waals surface area contributed by atoms with Gasteiger partial charge in [-0.15, -0.1) is 0 Å². The summed E-state index contributed by atoms with van der Waals surface area (Å²) in [6, 6.07) is 18.9. The third kappa shape index (κ3) is 4.17. The van der Waals surface area contributed by atoms with E-state index in [-0.39, 0.29) is 11.4 Å². The van der Waals surface area contributed by atoms with Crippen LogP contribution in [0.4, 0.5) is 0 Å². The molecule has 2 aliphatic rings. The first kappa shape index (κ1) is 20.8. The number of hydrogen-bond acceptors (Lipinski definition) is 6. The van der Waals surface area contributed by atoms with Crippen LogP contribution in [0, 0.1) is 12.3 Å². The van der Waals surface area contributed by atoms with Gasteiger partial charge in [-0.1, -0.05) is 53.2 Å². The van der Waals surface area contributed by atoms with E-state index < -0.39 is 5.91 Å². The molecule has 0 fully saturated rings. The molecule has 5 rings (SSSR count). The smallest absolute Gasteiger partial charge is 0.283 e. The second-order valence-electron chi connectivity index (χ2n) is 7.00. The van der Waals surface area contributed by atoms with Gasteiger partial charge in [0.05, 0.1) is 5.57 Å². The van der Waals surface area contributed by atoms with E-state index in [1.807, 2.05) is 61.5 Å². The van der Waals surface area contributed by atoms with Crippen molar-refractivity contribution in [2.45, 2.75) is 16.9 Å². The average molecular weight is 479 g/mol. The minimum atomic E-state index is -0.489. The second kappa shape index (κ2) is 8.46. The van der Waals surface area contributed by atoms with Crippen LogP contribution in [-0.4, -0.2) is 27.0 Å². The fourth-order valence-electron chi connectivity index (χ4n) is 3.03. The van der Waals surface area contributed by atoms with Gasteiger partial charge >= 0.3 is 0 Å². The summed E-state index contributed by atoms with van der Waals surface area (Å²) in [7, 11) is 0. The van der Waals surface area contributed by atoms with Crippen molar-refractivity contribution >= 4 is 63.2 Å². The van der Waals surface area contributed by atoms with Gasteiger partial charge in [0.1, 0.15) is 10.8 Å². The zero-order valence-corrected chi connectivity index (χ0v) is 19.1. The number of amides is 1. The summed E-state index contributed by atoms with van der Waals surface area (Å²) in [6.45, 7) is 2.01. The lowest BCUT2D eigenvalue weighted by molar-refractivity contribution is -0.114. The molecule has 6 nitrogen and oxygen atoms in total. The lowest BCUT2D eigenvalue weighted by atomic mass is 10.1. The number of amidine groups is 2. The van der Waals surface area contributed by atoms with Crippen LogP contribution in [0.2, 0.25) is 5.02 Å². The molecule has 158 valence electrons. The summed E-state index contributed by atoms with van der Waals surface area (Å²) >= 11 is 8.64. The highest BCUT2D eigenvalue weighted by Crippen LogP contribution is 2.33. The molecule has 0 spiro atoms. The summed E-state index contributed by atoms with van der Waals surface area (Å²) in [5.41, 5.74) is 2.19. The lowest BCUT2D eigenvalue weighted by Gasteiger charge is -2.19. The zero-order chi connectivity index (χ0) is 22.2. The predicted octanol–water partition coefficient (Wildman–Crippen LogP) is 6.06. The van der Waals surface area contributed by atoms with E-state index in [9.17, 15) is 4.79 Å². The Balaban J connectivity index is 1.38. The minimum absolute atomic E-state index is 0.0297. The first-order valence-electron chi connectivity index (χ1n) is 9.57. The van der Waals surface area contributed by atoms with E-state index >= 15 is 0 Å². The molecule has 1 N–H and O–H groups in total. The van der Waals surface area contributed by atoms with E-state index in [0.29, 0.717) is 26.1 Å². The standard InChI is InChI=1S/C23H15ClN4O2S2/c1-13-2-4-14(5-3-13)22-27-28-20(25)18(21(29)26-23(28)32-22)12-16-8-11-19(30-16)31-17-9-6-15(24)7-10-17/h2-12,25H,1H3. The van der Waals surface area contributed by atoms with E-state index in [2.05, 4.69) is 10.1 Å². The fraction of sp³-hybridized carbons (Fsp3) is 0.0435. The van der Waals surface area contributed by atoms with Gasteiger partial charge in [-0.05, 0) is 61.2 Å². The Morgan fingerprint density at radius 3 is 2.59 bits per heavy atom. The van der Waals surface area contributed by atoms with Gasteiger partial charge < -0.3 is 4.42 Å². The van der Waals surface area contributed by atoms with Crippen LogP contribution in [0.15, 0.2) is 90.7 Å². The molecule has 3 aromatic rings. The van der Waals surface area contributed by atoms with Crippen LogP contribution in [0.25, 0.3) is 6.08 Å². The first-order chi connectivity index (χ1) is 15.5. The normalized spacial score (nSPS) is 16.9. The van der Waals surface area contributed by atoms with Crippen molar-refractivity contribution < 1.29 is 9.21 Å². The number of furan rings is 1. The second-order valence-corrected chi connectivity index (χ2v) is 9.47. The van der Waals surface area contributed by atoms with Crippen LogP contribution in [0.1, 0.15) is 16.9 Å². The van der Waals surface area contributed by atoms with Crippen LogP contribution in [0.5, 0.6) is 0 Å². The molecular weight excluding hydrogens is 464 g/mol. The number of nitrogens with one attached hydrogen (secondary N) is 1. The van der Waals surface area contributed by atoms with Crippen LogP contribution in [0.3, 0.4) is 0 Å². The zero-order valence-electron chi connectivity index (χ0n) is 16.7. The molecule has 0 atom stereocenters. The number of rotatable bonds is 4. The summed E-state index contributed by atoms with van der Waals surface area (Å²) in [5, 5.41) is 16.8. The number of carbonyl (C=O) groups is 1. The Hall–Kier alpha value is -3.07. The molecule has 0 radical (unpaired) electrons. The highest BCUT2D eigenvalue weighted by atomic mass is 35.5. The average Bonchev–Trinajstić information content (AvgIpc) is 3.40. The Kier molecular flexibility index (Phi) is 5.50. The van der Waals surface area contributed by atoms with Crippen molar-refractivity contribution in [2.75, 3.05) is 0 Å². The first-order valence-corrected chi connectivity index (χ1v) is 11.6. The van der Waals surface area contributed by atoms with Crippen molar-refractivity contribution in [3.8, 4) is 0 Å². The van der Waals surface area contributed by atoms with Gasteiger partial charge in [0.15, 0.2) is 10.9 Å². The van der Waals surface area contributed by atoms with Gasteiger partial charge in [0, 0.05) is 15.5 Å². The van der Waals surface area contributed by atoms with Gasteiger partial charge in [0.25, 0.3) is 5.91 Å². The number of hydrogen-bond donors (Lipinski definition) is 1. The Morgan fingerprint density at radius 1 is 1.09 bits per heavy atom. The quantitative estimate of drug-likeness (QED) is 0.461. The summed E-state index contributed by atoms with van der Waals surface area (Å²) < 4.78 is 5.83. The number of halogens is 1. The molecule has 3 heterocycles. The van der Waals surface area contributed by atoms with E-state index in [0.717, 1.165) is 16.0 Å². The molecule has 2 aromatic carbocycles. The molecule has 0 aliphatic carbocycles. The monoisotopic (exact) mass is 478 g/mol. The Labute approximate surface area is 197 Å². The minimum Gasteiger partial charge on any atom is -0.450 e. The molecule has 0 bridgehead atoms. The van der Waals surface area contributed by atoms with Crippen molar-refractivity contribution in [2.24, 2.45) is 10.1 Å². The van der Waals surface area contributed by atoms with Gasteiger partial charge in [-0.25, -0.2) is 0 Å². The predicted molar refractivity (Wildman–Crippen MR) is 130 cm³/mol. The van der Waals surface area contributed by atoms with Crippen LogP contribution in [-0.2, 0) is 4.79 Å². The van der Waals surface area contributed by atoms with Crippen molar-refractivity contribution in [1.82, 2.24) is 5.01 Å². The number of hydrazone groups is 1. The number of aryl methyl sites for hydroxylation is 1. The third-order valence-electron chi connectivity index (χ3n) is 4.67. The largest absolute Gasteiger partial charge is 0.450 e. The van der Waals surface area contributed by atoms with Gasteiger partial charge in [-0.2, -0.15) is 15.1 Å². The fourth-order valence-corrected chi connectivity index (χ4v) is 4.83. The molecule has 0 saturated heterocycles. The molecule has 1 amide bonds. The molecule has 0 unspecified atom stereocenters. The number of thioether (sulfide) groups is 1. The molecule has 9 heteroatoms. The van der Waals surface area contributed by atoms with E-state index in [4.69, 9.17) is 21.4 Å². The van der Waals surface area contributed by atoms with Gasteiger partial charge in [-0.3, -0.25) is 10.2 Å². The van der Waals surface area contributed by atoms with Gasteiger partial charge in [0.2, 0.25) is 5.17 Å². The summed E-state index contributed by atoms with van der Waals surface area (Å²) in [6.07, 6.45) is 1.53. The number of fused-ring (bicyclic) bond motifs is 1. The third-order valence-corrected chi connectivity index (χ3v) is 6.81. The van der Waals surface area contributed by atoms with E-state index in [1.54, 1.807) is 6.07 Å². The number of nitrogens with zero attached hydrogens (tertiary/aromatic N) is 3. The molecular formula is C23H15ClN4O2S2. The maximum absolute atomic E-state index is 12.6. The SMILES string of the molecule is Cc1ccc(C2=NN3C(=N)C(=Cc4ccc(Sc5ccc(Cl)cc5)o4)C(=O)N=C3S2)cc1. The summed E-state index contributed by atoms with van der Waals surface area (Å²) in [4.78, 5) is 17.7. The highest BCUT2D eigenvalue weighted by molar-refractivity contribution is 8.27. The molecule has 1 aromatic heterocycles. The molecule has 2 aliphatic heterocycles. The maximum atomic E-state index is 12.6. The number of benzene rings is 2. The van der Waals surface area contributed by atoms with Crippen molar-refractivity contribution in [1.29, 1.82) is 5.41 Å². The highest BCUT2D eigenvalue weighted by Gasteiger charge is 2.36. The maximum Gasteiger partial charge on any atom is 0.283 e. The van der Waals surface area contributed by atoms with Crippen LogP contribution >= 0.6 is 35.1 Å². The Morgan fingerprint density at radius 2 is 1.84 bits per heavy atom. The molecule has 32 heavy (non-hydrogen) atoms. The van der Waals surface area contributed by atoms with Crippen molar-refractivity contribution in [3.63, 3.8) is 0 Å². The molecule has 0 saturated carbocycles. The summed E-state index contributed by atoms with van der Waals surface area (Å²) in [5.74, 6) is -0.0573. The van der Waals surface area contributed by atoms with E-state index in [1.165, 1.54) is 34.6 Å². The number of aliphatic imine (C=N–C) groups is 1.